The molecular formula is C12H14Cl2N4O2. The second-order valence-corrected chi connectivity index (χ2v) is 5.41. The quantitative estimate of drug-likeness (QED) is 0.843. The van der Waals surface area contributed by atoms with Crippen LogP contribution in [0.5, 0.6) is 5.88 Å². The predicted molar refractivity (Wildman–Crippen MR) is 76.6 cm³/mol. The number of nitrogens with zero attached hydrogens (tertiary/aromatic N) is 2. The summed E-state index contributed by atoms with van der Waals surface area (Å²) < 4.78 is 11.2. The van der Waals surface area contributed by atoms with Gasteiger partial charge in [-0.3, -0.25) is 0 Å². The Kier molecular flexibility index (Phi) is 3.98. The number of ether oxygens (including phenoxy) is 2. The lowest BCUT2D eigenvalue weighted by Crippen LogP contribution is -2.26. The number of methoxy groups -OCH3 is 1. The van der Waals surface area contributed by atoms with Gasteiger partial charge in [-0.05, 0) is 11.6 Å². The SMILES string of the molecule is CO[C@H]1CNCC1COc1nc(Cl)nc2[nH]cc(Cl)c12. The van der Waals surface area contributed by atoms with E-state index in [9.17, 15) is 0 Å². The molecule has 1 saturated heterocycles. The molecule has 0 aromatic carbocycles. The fourth-order valence-electron chi connectivity index (χ4n) is 2.38. The minimum absolute atomic E-state index is 0.124. The lowest BCUT2D eigenvalue weighted by atomic mass is 10.1. The third-order valence-electron chi connectivity index (χ3n) is 3.44. The standard InChI is InChI=1S/C12H14Cl2N4O2/c1-19-8-4-15-2-6(8)5-20-11-9-7(13)3-16-10(9)17-12(14)18-11/h3,6,8,15H,2,4-5H2,1H3,(H,16,17,18)/t6?,8-/m0/s1. The van der Waals surface area contributed by atoms with E-state index in [1.165, 1.54) is 0 Å². The lowest BCUT2D eigenvalue weighted by Gasteiger charge is -2.17. The minimum atomic E-state index is 0.124. The van der Waals surface area contributed by atoms with Crippen molar-refractivity contribution in [3.8, 4) is 5.88 Å². The van der Waals surface area contributed by atoms with Crippen LogP contribution in [0.1, 0.15) is 0 Å². The summed E-state index contributed by atoms with van der Waals surface area (Å²) in [5.41, 5.74) is 0.567. The Balaban J connectivity index is 1.82. The molecule has 108 valence electrons. The highest BCUT2D eigenvalue weighted by molar-refractivity contribution is 6.36. The van der Waals surface area contributed by atoms with Crippen LogP contribution in [-0.4, -0.2) is 47.9 Å². The van der Waals surface area contributed by atoms with Gasteiger partial charge >= 0.3 is 0 Å². The van der Waals surface area contributed by atoms with Crippen LogP contribution in [0.2, 0.25) is 10.3 Å². The van der Waals surface area contributed by atoms with Crippen LogP contribution in [-0.2, 0) is 4.74 Å². The molecule has 1 fully saturated rings. The minimum Gasteiger partial charge on any atom is -0.477 e. The second-order valence-electron chi connectivity index (χ2n) is 4.66. The first kappa shape index (κ1) is 13.9. The van der Waals surface area contributed by atoms with Crippen LogP contribution in [0.4, 0.5) is 0 Å². The van der Waals surface area contributed by atoms with E-state index in [0.29, 0.717) is 28.5 Å². The van der Waals surface area contributed by atoms with Gasteiger partial charge in [0, 0.05) is 32.3 Å². The fraction of sp³-hybridized carbons (Fsp3) is 0.500. The molecule has 2 aromatic heterocycles. The highest BCUT2D eigenvalue weighted by atomic mass is 35.5. The van der Waals surface area contributed by atoms with E-state index in [0.717, 1.165) is 13.1 Å². The van der Waals surface area contributed by atoms with Crippen LogP contribution in [0, 0.1) is 5.92 Å². The first-order chi connectivity index (χ1) is 9.69. The van der Waals surface area contributed by atoms with Crippen molar-refractivity contribution in [2.75, 3.05) is 26.8 Å². The first-order valence-electron chi connectivity index (χ1n) is 6.25. The molecule has 1 aliphatic heterocycles. The summed E-state index contributed by atoms with van der Waals surface area (Å²) in [6, 6.07) is 0. The summed E-state index contributed by atoms with van der Waals surface area (Å²) in [5, 5.41) is 4.55. The summed E-state index contributed by atoms with van der Waals surface area (Å²) in [6.45, 7) is 2.16. The molecule has 3 rings (SSSR count). The summed E-state index contributed by atoms with van der Waals surface area (Å²) in [4.78, 5) is 11.1. The van der Waals surface area contributed by atoms with E-state index in [-0.39, 0.29) is 17.3 Å². The number of fused-ring (bicyclic) bond motifs is 1. The van der Waals surface area contributed by atoms with Crippen LogP contribution in [0.25, 0.3) is 11.0 Å². The molecule has 3 heterocycles. The van der Waals surface area contributed by atoms with Crippen molar-refractivity contribution >= 4 is 34.2 Å². The van der Waals surface area contributed by atoms with Gasteiger partial charge in [0.1, 0.15) is 5.65 Å². The van der Waals surface area contributed by atoms with Crippen molar-refractivity contribution in [1.82, 2.24) is 20.3 Å². The first-order valence-corrected chi connectivity index (χ1v) is 7.01. The van der Waals surface area contributed by atoms with Crippen molar-refractivity contribution < 1.29 is 9.47 Å². The molecular weight excluding hydrogens is 303 g/mol. The average Bonchev–Trinajstić information content (AvgIpc) is 3.02. The topological polar surface area (TPSA) is 72.1 Å². The second kappa shape index (κ2) is 5.73. The Labute approximate surface area is 125 Å². The molecule has 0 spiro atoms. The van der Waals surface area contributed by atoms with Crippen molar-refractivity contribution in [3.05, 3.63) is 16.5 Å². The molecule has 2 aromatic rings. The normalized spacial score (nSPS) is 22.6. The lowest BCUT2D eigenvalue weighted by molar-refractivity contribution is 0.0621. The number of hydrogen-bond acceptors (Lipinski definition) is 5. The predicted octanol–water partition coefficient (Wildman–Crippen LogP) is 1.88. The molecule has 0 amide bonds. The van der Waals surface area contributed by atoms with Gasteiger partial charge < -0.3 is 19.8 Å². The van der Waals surface area contributed by atoms with Gasteiger partial charge in [0.25, 0.3) is 0 Å². The Morgan fingerprint density at radius 1 is 1.35 bits per heavy atom. The highest BCUT2D eigenvalue weighted by Crippen LogP contribution is 2.31. The van der Waals surface area contributed by atoms with Gasteiger partial charge in [-0.25, -0.2) is 0 Å². The summed E-state index contributed by atoms with van der Waals surface area (Å²) in [7, 11) is 1.70. The zero-order valence-corrected chi connectivity index (χ0v) is 12.3. The number of halogens is 2. The maximum absolute atomic E-state index is 6.11. The van der Waals surface area contributed by atoms with Gasteiger partial charge in [0.05, 0.1) is 23.1 Å². The number of hydrogen-bond donors (Lipinski definition) is 2. The number of aromatic amines is 1. The molecule has 0 bridgehead atoms. The molecule has 8 heteroatoms. The van der Waals surface area contributed by atoms with E-state index >= 15 is 0 Å². The van der Waals surface area contributed by atoms with Crippen LogP contribution < -0.4 is 10.1 Å². The Morgan fingerprint density at radius 3 is 3.00 bits per heavy atom. The summed E-state index contributed by atoms with van der Waals surface area (Å²) >= 11 is 12.0. The van der Waals surface area contributed by atoms with E-state index in [1.54, 1.807) is 13.3 Å². The number of nitrogens with one attached hydrogen (secondary N) is 2. The molecule has 1 unspecified atom stereocenters. The van der Waals surface area contributed by atoms with E-state index in [4.69, 9.17) is 32.7 Å². The smallest absolute Gasteiger partial charge is 0.228 e. The van der Waals surface area contributed by atoms with E-state index in [1.807, 2.05) is 0 Å². The van der Waals surface area contributed by atoms with Crippen molar-refractivity contribution in [1.29, 1.82) is 0 Å². The number of aromatic nitrogens is 3. The molecule has 6 nitrogen and oxygen atoms in total. The molecule has 0 aliphatic carbocycles. The van der Waals surface area contributed by atoms with Gasteiger partial charge in [0.15, 0.2) is 0 Å². The van der Waals surface area contributed by atoms with Crippen molar-refractivity contribution in [2.24, 2.45) is 5.92 Å². The van der Waals surface area contributed by atoms with Crippen LogP contribution in [0.3, 0.4) is 0 Å². The summed E-state index contributed by atoms with van der Waals surface area (Å²) in [5.74, 6) is 0.662. The molecule has 1 aliphatic rings. The molecule has 2 N–H and O–H groups in total. The number of rotatable bonds is 4. The molecule has 2 atom stereocenters. The molecule has 0 radical (unpaired) electrons. The third kappa shape index (κ3) is 2.56. The maximum atomic E-state index is 6.11. The van der Waals surface area contributed by atoms with Crippen molar-refractivity contribution in [2.45, 2.75) is 6.10 Å². The van der Waals surface area contributed by atoms with E-state index < -0.39 is 0 Å². The summed E-state index contributed by atoms with van der Waals surface area (Å²) in [6.07, 6.45) is 1.78. The monoisotopic (exact) mass is 316 g/mol. The zero-order valence-electron chi connectivity index (χ0n) is 10.8. The van der Waals surface area contributed by atoms with Gasteiger partial charge in [-0.15, -0.1) is 0 Å². The highest BCUT2D eigenvalue weighted by Gasteiger charge is 2.28. The zero-order chi connectivity index (χ0) is 14.1. The Morgan fingerprint density at radius 2 is 2.20 bits per heavy atom. The van der Waals surface area contributed by atoms with Gasteiger partial charge in [-0.1, -0.05) is 11.6 Å². The maximum Gasteiger partial charge on any atom is 0.228 e. The van der Waals surface area contributed by atoms with Crippen LogP contribution >= 0.6 is 23.2 Å². The third-order valence-corrected chi connectivity index (χ3v) is 3.90. The van der Waals surface area contributed by atoms with Gasteiger partial charge in [0.2, 0.25) is 11.2 Å². The Hall–Kier alpha value is -1.08. The van der Waals surface area contributed by atoms with E-state index in [2.05, 4.69) is 20.3 Å². The van der Waals surface area contributed by atoms with Crippen LogP contribution in [0.15, 0.2) is 6.20 Å². The fourth-order valence-corrected chi connectivity index (χ4v) is 2.77. The number of H-pyrrole nitrogens is 1. The van der Waals surface area contributed by atoms with Gasteiger partial charge in [-0.2, -0.15) is 9.97 Å². The largest absolute Gasteiger partial charge is 0.477 e. The molecule has 20 heavy (non-hydrogen) atoms. The Bertz CT molecular complexity index is 619. The molecule has 0 saturated carbocycles. The van der Waals surface area contributed by atoms with Crippen molar-refractivity contribution in [3.63, 3.8) is 0 Å². The average molecular weight is 317 g/mol.